The Balaban J connectivity index is 1.72. The minimum absolute atomic E-state index is 0.129. The first-order chi connectivity index (χ1) is 13.5. The van der Waals surface area contributed by atoms with Crippen molar-refractivity contribution in [3.8, 4) is 0 Å². The third kappa shape index (κ3) is 3.07. The molecule has 0 amide bonds. The lowest BCUT2D eigenvalue weighted by Crippen LogP contribution is -2.33. The molecule has 0 spiro atoms. The minimum atomic E-state index is -1.33. The molecule has 6 N–H and O–H groups in total. The lowest BCUT2D eigenvalue weighted by molar-refractivity contribution is -0.0501. The van der Waals surface area contributed by atoms with Crippen LogP contribution in [-0.4, -0.2) is 66.0 Å². The van der Waals surface area contributed by atoms with E-state index in [1.165, 1.54) is 17.1 Å². The van der Waals surface area contributed by atoms with Crippen molar-refractivity contribution in [3.63, 3.8) is 0 Å². The molecule has 4 unspecified atom stereocenters. The molecule has 1 saturated heterocycles. The predicted molar refractivity (Wildman–Crippen MR) is 97.4 cm³/mol. The molecule has 1 fully saturated rings. The number of aliphatic hydroxyl groups is 3. The van der Waals surface area contributed by atoms with Crippen LogP contribution in [-0.2, 0) is 4.74 Å². The number of aromatic nitrogens is 4. The van der Waals surface area contributed by atoms with Crippen molar-refractivity contribution < 1.29 is 24.5 Å². The quantitative estimate of drug-likeness (QED) is 0.279. The second-order valence-electron chi connectivity index (χ2n) is 6.28. The highest BCUT2D eigenvalue weighted by molar-refractivity contribution is 5.84. The number of furan rings is 1. The van der Waals surface area contributed by atoms with Gasteiger partial charge in [-0.15, -0.1) is 0 Å². The number of ether oxygens (including phenoxy) is 1. The number of hydrazone groups is 1. The third-order valence-electron chi connectivity index (χ3n) is 4.39. The van der Waals surface area contributed by atoms with Gasteiger partial charge in [0.2, 0.25) is 5.95 Å². The molecule has 148 valence electrons. The SMILES string of the molecule is Cc1ccc(/C=N/Nc2nc3c(N)ncnc3n2C2OC(CO)C(O)C2O)o1. The molecular formula is C16H19N7O5. The summed E-state index contributed by atoms with van der Waals surface area (Å²) in [7, 11) is 0. The van der Waals surface area contributed by atoms with Crippen molar-refractivity contribution in [2.75, 3.05) is 17.8 Å². The van der Waals surface area contributed by atoms with E-state index in [1.807, 2.05) is 6.92 Å². The number of nitrogens with two attached hydrogens (primary N) is 1. The van der Waals surface area contributed by atoms with Gasteiger partial charge in [0.1, 0.15) is 36.2 Å². The average Bonchev–Trinajstić information content (AvgIpc) is 3.33. The van der Waals surface area contributed by atoms with E-state index in [2.05, 4.69) is 25.5 Å². The zero-order valence-corrected chi connectivity index (χ0v) is 14.8. The molecule has 28 heavy (non-hydrogen) atoms. The van der Waals surface area contributed by atoms with Gasteiger partial charge in [-0.3, -0.25) is 4.57 Å². The summed E-state index contributed by atoms with van der Waals surface area (Å²) in [5, 5.41) is 33.9. The standard InChI is InChI=1S/C16H19N7O5/c1-7-2-3-8(27-7)4-20-22-16-21-10-13(17)18-6-19-14(10)23(16)15-12(26)11(25)9(5-24)28-15/h2-4,6,9,11-12,15,24-26H,5H2,1H3,(H,21,22)(H2,17,18,19)/b20-4+. The highest BCUT2D eigenvalue weighted by Gasteiger charge is 2.45. The van der Waals surface area contributed by atoms with Gasteiger partial charge in [-0.25, -0.2) is 20.4 Å². The number of anilines is 2. The molecule has 3 aromatic rings. The smallest absolute Gasteiger partial charge is 0.228 e. The van der Waals surface area contributed by atoms with Crippen LogP contribution in [0.25, 0.3) is 11.2 Å². The fraction of sp³-hybridized carbons (Fsp3) is 0.375. The molecule has 4 heterocycles. The Morgan fingerprint density at radius 3 is 2.82 bits per heavy atom. The normalized spacial score (nSPS) is 25.1. The fourth-order valence-corrected chi connectivity index (χ4v) is 3.02. The average molecular weight is 389 g/mol. The lowest BCUT2D eigenvalue weighted by atomic mass is 10.1. The zero-order chi connectivity index (χ0) is 19.8. The van der Waals surface area contributed by atoms with Crippen LogP contribution in [0.3, 0.4) is 0 Å². The van der Waals surface area contributed by atoms with Gasteiger partial charge in [0.05, 0.1) is 12.8 Å². The molecule has 12 nitrogen and oxygen atoms in total. The van der Waals surface area contributed by atoms with Gasteiger partial charge in [0.25, 0.3) is 0 Å². The largest absolute Gasteiger partial charge is 0.460 e. The number of aliphatic hydroxyl groups excluding tert-OH is 3. The predicted octanol–water partition coefficient (Wildman–Crippen LogP) is -0.633. The van der Waals surface area contributed by atoms with Crippen molar-refractivity contribution in [2.24, 2.45) is 5.10 Å². The minimum Gasteiger partial charge on any atom is -0.460 e. The zero-order valence-electron chi connectivity index (χ0n) is 14.8. The number of hydrogen-bond donors (Lipinski definition) is 5. The summed E-state index contributed by atoms with van der Waals surface area (Å²) in [6.07, 6.45) is -1.95. The van der Waals surface area contributed by atoms with Crippen LogP contribution in [0.1, 0.15) is 17.7 Å². The Morgan fingerprint density at radius 2 is 2.14 bits per heavy atom. The number of fused-ring (bicyclic) bond motifs is 1. The molecule has 3 aromatic heterocycles. The lowest BCUT2D eigenvalue weighted by Gasteiger charge is -2.18. The van der Waals surface area contributed by atoms with E-state index >= 15 is 0 Å². The summed E-state index contributed by atoms with van der Waals surface area (Å²) in [4.78, 5) is 12.4. The van der Waals surface area contributed by atoms with Crippen molar-refractivity contribution in [1.82, 2.24) is 19.5 Å². The molecule has 0 saturated carbocycles. The van der Waals surface area contributed by atoms with E-state index in [-0.39, 0.29) is 22.9 Å². The van der Waals surface area contributed by atoms with E-state index in [0.29, 0.717) is 5.76 Å². The maximum absolute atomic E-state index is 10.4. The summed E-state index contributed by atoms with van der Waals surface area (Å²) in [6.45, 7) is 1.35. The Morgan fingerprint density at radius 1 is 1.32 bits per heavy atom. The first-order valence-corrected chi connectivity index (χ1v) is 8.46. The number of aryl methyl sites for hydroxylation is 1. The van der Waals surface area contributed by atoms with Gasteiger partial charge in [-0.1, -0.05) is 0 Å². The topological polar surface area (TPSA) is 177 Å². The number of imidazole rings is 1. The maximum Gasteiger partial charge on any atom is 0.228 e. The number of rotatable bonds is 5. The van der Waals surface area contributed by atoms with Crippen LogP contribution in [0.4, 0.5) is 11.8 Å². The summed E-state index contributed by atoms with van der Waals surface area (Å²) in [5.74, 6) is 1.55. The molecule has 0 aliphatic carbocycles. The molecule has 0 aromatic carbocycles. The molecule has 0 radical (unpaired) electrons. The maximum atomic E-state index is 10.4. The van der Waals surface area contributed by atoms with E-state index in [1.54, 1.807) is 12.1 Å². The number of nitrogens with one attached hydrogen (secondary N) is 1. The van der Waals surface area contributed by atoms with Crippen LogP contribution in [0.15, 0.2) is 28.0 Å². The van der Waals surface area contributed by atoms with E-state index in [9.17, 15) is 15.3 Å². The van der Waals surface area contributed by atoms with Crippen LogP contribution in [0.5, 0.6) is 0 Å². The molecule has 4 atom stereocenters. The fourth-order valence-electron chi connectivity index (χ4n) is 3.02. The summed E-state index contributed by atoms with van der Waals surface area (Å²) < 4.78 is 12.4. The van der Waals surface area contributed by atoms with Crippen molar-refractivity contribution in [2.45, 2.75) is 31.5 Å². The first kappa shape index (κ1) is 18.3. The van der Waals surface area contributed by atoms with Gasteiger partial charge in [-0.2, -0.15) is 5.10 Å². The first-order valence-electron chi connectivity index (χ1n) is 8.46. The van der Waals surface area contributed by atoms with Crippen LogP contribution in [0, 0.1) is 6.92 Å². The van der Waals surface area contributed by atoms with Crippen LogP contribution < -0.4 is 11.2 Å². The van der Waals surface area contributed by atoms with Crippen molar-refractivity contribution in [3.05, 3.63) is 30.0 Å². The van der Waals surface area contributed by atoms with Gasteiger partial charge >= 0.3 is 0 Å². The van der Waals surface area contributed by atoms with Crippen LogP contribution >= 0.6 is 0 Å². The monoisotopic (exact) mass is 389 g/mol. The molecular weight excluding hydrogens is 370 g/mol. The summed E-state index contributed by atoms with van der Waals surface area (Å²) >= 11 is 0. The second-order valence-corrected chi connectivity index (χ2v) is 6.28. The molecule has 1 aliphatic heterocycles. The van der Waals surface area contributed by atoms with Gasteiger partial charge in [-0.05, 0) is 19.1 Å². The molecule has 12 heteroatoms. The van der Waals surface area contributed by atoms with Crippen molar-refractivity contribution >= 4 is 29.1 Å². The van der Waals surface area contributed by atoms with Gasteiger partial charge < -0.3 is 30.2 Å². The molecule has 0 bridgehead atoms. The number of nitrogens with zero attached hydrogens (tertiary/aromatic N) is 5. The second kappa shape index (κ2) is 7.16. The Hall–Kier alpha value is -3.06. The summed E-state index contributed by atoms with van der Waals surface area (Å²) in [5.41, 5.74) is 9.15. The van der Waals surface area contributed by atoms with Crippen LogP contribution in [0.2, 0.25) is 0 Å². The Kier molecular flexibility index (Phi) is 4.68. The number of nitrogen functional groups attached to an aromatic ring is 1. The third-order valence-corrected chi connectivity index (χ3v) is 4.39. The molecule has 1 aliphatic rings. The summed E-state index contributed by atoms with van der Waals surface area (Å²) in [6, 6.07) is 3.55. The Labute approximate surface area is 158 Å². The number of hydrogen-bond acceptors (Lipinski definition) is 11. The highest BCUT2D eigenvalue weighted by Crippen LogP contribution is 2.35. The highest BCUT2D eigenvalue weighted by atomic mass is 16.6. The van der Waals surface area contributed by atoms with E-state index in [0.717, 1.165) is 5.76 Å². The van der Waals surface area contributed by atoms with E-state index in [4.69, 9.17) is 14.9 Å². The van der Waals surface area contributed by atoms with Gasteiger partial charge in [0, 0.05) is 0 Å². The van der Waals surface area contributed by atoms with Gasteiger partial charge in [0.15, 0.2) is 23.2 Å². The van der Waals surface area contributed by atoms with Crippen molar-refractivity contribution in [1.29, 1.82) is 0 Å². The Bertz CT molecular complexity index is 1020. The molecule has 4 rings (SSSR count). The van der Waals surface area contributed by atoms with E-state index < -0.39 is 31.1 Å².